The van der Waals surface area contributed by atoms with Crippen molar-refractivity contribution in [1.82, 2.24) is 10.2 Å². The molecular formula is C15H25ClN2O3. The van der Waals surface area contributed by atoms with Crippen LogP contribution < -0.4 is 10.1 Å². The number of hydrogen-bond acceptors (Lipinski definition) is 5. The van der Waals surface area contributed by atoms with Crippen LogP contribution >= 0.6 is 11.6 Å². The number of hydrogen-bond donors (Lipinski definition) is 2. The monoisotopic (exact) mass is 316 g/mol. The lowest BCUT2D eigenvalue weighted by Gasteiger charge is -2.14. The first-order chi connectivity index (χ1) is 10.1. The van der Waals surface area contributed by atoms with E-state index in [1.807, 2.05) is 26.2 Å². The molecule has 1 unspecified atom stereocenters. The molecule has 0 saturated heterocycles. The molecule has 1 atom stereocenters. The van der Waals surface area contributed by atoms with Gasteiger partial charge in [0.05, 0.1) is 13.2 Å². The predicted octanol–water partition coefficient (Wildman–Crippen LogP) is 1.25. The van der Waals surface area contributed by atoms with Crippen LogP contribution in [-0.2, 0) is 4.74 Å². The van der Waals surface area contributed by atoms with Crippen molar-refractivity contribution in [3.05, 3.63) is 29.3 Å². The van der Waals surface area contributed by atoms with E-state index in [9.17, 15) is 5.11 Å². The summed E-state index contributed by atoms with van der Waals surface area (Å²) in [5, 5.41) is 13.5. The van der Waals surface area contributed by atoms with Crippen molar-refractivity contribution >= 4 is 11.6 Å². The Morgan fingerprint density at radius 2 is 2.14 bits per heavy atom. The van der Waals surface area contributed by atoms with Crippen LogP contribution in [0, 0.1) is 0 Å². The smallest absolute Gasteiger partial charge is 0.120 e. The topological polar surface area (TPSA) is 54.0 Å². The van der Waals surface area contributed by atoms with Gasteiger partial charge in [-0.2, -0.15) is 0 Å². The van der Waals surface area contributed by atoms with Gasteiger partial charge in [0.2, 0.25) is 0 Å². The maximum atomic E-state index is 9.79. The van der Waals surface area contributed by atoms with E-state index >= 15 is 0 Å². The standard InChI is InChI=1S/C15H25ClN2O3/c1-18(2)7-9-20-8-6-17-11-14(19)12-21-15-5-3-4-13(16)10-15/h3-5,10,14,17,19H,6-9,11-12H2,1-2H3. The van der Waals surface area contributed by atoms with E-state index in [0.717, 1.165) is 13.2 Å². The molecule has 1 rings (SSSR count). The van der Waals surface area contributed by atoms with Crippen LogP contribution in [0.25, 0.3) is 0 Å². The molecule has 0 aliphatic rings. The molecule has 0 fully saturated rings. The molecule has 21 heavy (non-hydrogen) atoms. The highest BCUT2D eigenvalue weighted by Gasteiger charge is 2.05. The largest absolute Gasteiger partial charge is 0.491 e. The molecule has 0 radical (unpaired) electrons. The number of halogens is 1. The van der Waals surface area contributed by atoms with Gasteiger partial charge in [0.15, 0.2) is 0 Å². The molecule has 1 aromatic rings. The van der Waals surface area contributed by atoms with E-state index < -0.39 is 6.10 Å². The molecule has 1 aromatic carbocycles. The van der Waals surface area contributed by atoms with E-state index in [4.69, 9.17) is 21.1 Å². The number of aliphatic hydroxyl groups is 1. The molecule has 5 nitrogen and oxygen atoms in total. The van der Waals surface area contributed by atoms with E-state index in [0.29, 0.717) is 30.5 Å². The summed E-state index contributed by atoms with van der Waals surface area (Å²) >= 11 is 5.85. The second kappa shape index (κ2) is 10.8. The fourth-order valence-corrected chi connectivity index (χ4v) is 1.75. The number of nitrogens with zero attached hydrogens (tertiary/aromatic N) is 1. The van der Waals surface area contributed by atoms with Crippen molar-refractivity contribution in [2.24, 2.45) is 0 Å². The van der Waals surface area contributed by atoms with Gasteiger partial charge in [-0.25, -0.2) is 0 Å². The molecular weight excluding hydrogens is 292 g/mol. The summed E-state index contributed by atoms with van der Waals surface area (Å²) in [7, 11) is 4.02. The van der Waals surface area contributed by atoms with Crippen LogP contribution in [0.15, 0.2) is 24.3 Å². The zero-order valence-corrected chi connectivity index (χ0v) is 13.5. The van der Waals surface area contributed by atoms with Crippen molar-refractivity contribution < 1.29 is 14.6 Å². The van der Waals surface area contributed by atoms with Gasteiger partial charge in [-0.05, 0) is 32.3 Å². The Morgan fingerprint density at radius 1 is 1.33 bits per heavy atom. The summed E-state index contributed by atoms with van der Waals surface area (Å²) in [5.41, 5.74) is 0. The zero-order chi connectivity index (χ0) is 15.5. The second-order valence-electron chi connectivity index (χ2n) is 5.04. The minimum absolute atomic E-state index is 0.231. The van der Waals surface area contributed by atoms with Gasteiger partial charge in [-0.15, -0.1) is 0 Å². The Morgan fingerprint density at radius 3 is 2.86 bits per heavy atom. The molecule has 0 aromatic heterocycles. The summed E-state index contributed by atoms with van der Waals surface area (Å²) in [6.07, 6.45) is -0.564. The lowest BCUT2D eigenvalue weighted by atomic mass is 10.3. The van der Waals surface area contributed by atoms with Crippen molar-refractivity contribution in [1.29, 1.82) is 0 Å². The number of likely N-dealkylation sites (N-methyl/N-ethyl adjacent to an activating group) is 1. The molecule has 6 heteroatoms. The van der Waals surface area contributed by atoms with Gasteiger partial charge in [0, 0.05) is 24.7 Å². The summed E-state index contributed by atoms with van der Waals surface area (Å²) in [5.74, 6) is 0.661. The molecule has 0 amide bonds. The molecule has 0 aliphatic carbocycles. The summed E-state index contributed by atoms with van der Waals surface area (Å²) in [6.45, 7) is 3.68. The van der Waals surface area contributed by atoms with E-state index in [-0.39, 0.29) is 6.61 Å². The number of nitrogens with one attached hydrogen (secondary N) is 1. The summed E-state index contributed by atoms with van der Waals surface area (Å²) in [4.78, 5) is 2.07. The van der Waals surface area contributed by atoms with Crippen molar-refractivity contribution in [3.8, 4) is 5.75 Å². The van der Waals surface area contributed by atoms with Gasteiger partial charge in [-0.1, -0.05) is 17.7 Å². The van der Waals surface area contributed by atoms with E-state index in [1.165, 1.54) is 0 Å². The second-order valence-corrected chi connectivity index (χ2v) is 5.48. The predicted molar refractivity (Wildman–Crippen MR) is 85.2 cm³/mol. The van der Waals surface area contributed by atoms with E-state index in [1.54, 1.807) is 12.1 Å². The molecule has 0 bridgehead atoms. The molecule has 0 spiro atoms. The Kier molecular flexibility index (Phi) is 9.37. The first kappa shape index (κ1) is 18.2. The van der Waals surface area contributed by atoms with Crippen molar-refractivity contribution in [2.75, 3.05) is 53.6 Å². The number of ether oxygens (including phenoxy) is 2. The fraction of sp³-hybridized carbons (Fsp3) is 0.600. The molecule has 0 aliphatic heterocycles. The number of rotatable bonds is 11. The maximum absolute atomic E-state index is 9.79. The Hall–Kier alpha value is -0.850. The Bertz CT molecular complexity index is 391. The normalized spacial score (nSPS) is 12.6. The minimum atomic E-state index is -0.564. The number of benzene rings is 1. The molecule has 2 N–H and O–H groups in total. The van der Waals surface area contributed by atoms with Gasteiger partial charge in [0.25, 0.3) is 0 Å². The summed E-state index contributed by atoms with van der Waals surface area (Å²) in [6, 6.07) is 7.13. The third kappa shape index (κ3) is 9.66. The third-order valence-corrected chi connectivity index (χ3v) is 2.96. The molecule has 0 saturated carbocycles. The van der Waals surface area contributed by atoms with Gasteiger partial charge >= 0.3 is 0 Å². The van der Waals surface area contributed by atoms with Gasteiger partial charge in [-0.3, -0.25) is 0 Å². The zero-order valence-electron chi connectivity index (χ0n) is 12.7. The van der Waals surface area contributed by atoms with E-state index in [2.05, 4.69) is 10.2 Å². The van der Waals surface area contributed by atoms with Crippen molar-refractivity contribution in [3.63, 3.8) is 0 Å². The van der Waals surface area contributed by atoms with Crippen LogP contribution in [-0.4, -0.2) is 69.7 Å². The van der Waals surface area contributed by atoms with Gasteiger partial charge in [0.1, 0.15) is 18.5 Å². The van der Waals surface area contributed by atoms with Crippen LogP contribution in [0.2, 0.25) is 5.02 Å². The fourth-order valence-electron chi connectivity index (χ4n) is 1.57. The lowest BCUT2D eigenvalue weighted by Crippen LogP contribution is -2.33. The summed E-state index contributed by atoms with van der Waals surface area (Å²) < 4.78 is 10.9. The van der Waals surface area contributed by atoms with Crippen LogP contribution in [0.4, 0.5) is 0 Å². The third-order valence-electron chi connectivity index (χ3n) is 2.72. The van der Waals surface area contributed by atoms with Crippen LogP contribution in [0.5, 0.6) is 5.75 Å². The average Bonchev–Trinajstić information content (AvgIpc) is 2.44. The van der Waals surface area contributed by atoms with Crippen LogP contribution in [0.1, 0.15) is 0 Å². The molecule has 0 heterocycles. The Labute approximate surface area is 131 Å². The number of aliphatic hydroxyl groups excluding tert-OH is 1. The van der Waals surface area contributed by atoms with Gasteiger partial charge < -0.3 is 24.8 Å². The van der Waals surface area contributed by atoms with Crippen molar-refractivity contribution in [2.45, 2.75) is 6.10 Å². The highest BCUT2D eigenvalue weighted by Crippen LogP contribution is 2.17. The highest BCUT2D eigenvalue weighted by molar-refractivity contribution is 6.30. The SMILES string of the molecule is CN(C)CCOCCNCC(O)COc1cccc(Cl)c1. The maximum Gasteiger partial charge on any atom is 0.120 e. The Balaban J connectivity index is 2.00. The molecule has 120 valence electrons. The van der Waals surface area contributed by atoms with Crippen LogP contribution in [0.3, 0.4) is 0 Å². The highest BCUT2D eigenvalue weighted by atomic mass is 35.5. The lowest BCUT2D eigenvalue weighted by molar-refractivity contribution is 0.0954. The minimum Gasteiger partial charge on any atom is -0.491 e. The average molecular weight is 317 g/mol. The quantitative estimate of drug-likeness (QED) is 0.602. The first-order valence-electron chi connectivity index (χ1n) is 7.07. The first-order valence-corrected chi connectivity index (χ1v) is 7.45.